The van der Waals surface area contributed by atoms with E-state index >= 15 is 0 Å². The Labute approximate surface area is 187 Å². The van der Waals surface area contributed by atoms with Gasteiger partial charge in [0, 0.05) is 17.3 Å². The lowest BCUT2D eigenvalue weighted by Gasteiger charge is -2.13. The average Bonchev–Trinajstić information content (AvgIpc) is 3.46. The Morgan fingerprint density at radius 1 is 0.970 bits per heavy atom. The molecule has 0 radical (unpaired) electrons. The van der Waals surface area contributed by atoms with Crippen LogP contribution in [0, 0.1) is 0 Å². The number of amides is 1. The zero-order valence-electron chi connectivity index (χ0n) is 17.3. The van der Waals surface area contributed by atoms with E-state index in [1.165, 1.54) is 10.6 Å². The SMILES string of the molecule is COc1ccc(-n2c(C(N)=O)nnc2-c2cc(-c3ccc4c(c3)OCO4)c(O)cc2O)cc1. The number of phenolic OH excluding ortho intramolecular Hbond substituents is 2. The standard InChI is InChI=1S/C23H18N4O6/c1-31-14-5-3-13(4-6-14)27-22(25-26-23(27)21(24)30)16-9-15(17(28)10-18(16)29)12-2-7-19-20(8-12)33-11-32-19/h2-10,28-29H,11H2,1H3,(H2,24,30). The summed E-state index contributed by atoms with van der Waals surface area (Å²) >= 11 is 0. The van der Waals surface area contributed by atoms with E-state index in [2.05, 4.69) is 10.2 Å². The van der Waals surface area contributed by atoms with E-state index in [1.54, 1.807) is 55.6 Å². The largest absolute Gasteiger partial charge is 0.507 e. The Morgan fingerprint density at radius 3 is 2.42 bits per heavy atom. The van der Waals surface area contributed by atoms with Crippen LogP contribution < -0.4 is 19.9 Å². The molecule has 0 spiro atoms. The minimum absolute atomic E-state index is 0.118. The van der Waals surface area contributed by atoms with Gasteiger partial charge in [-0.3, -0.25) is 9.36 Å². The van der Waals surface area contributed by atoms with Crippen molar-refractivity contribution >= 4 is 5.91 Å². The maximum absolute atomic E-state index is 12.0. The Hall–Kier alpha value is -4.73. The fraction of sp³-hybridized carbons (Fsp3) is 0.0870. The number of nitrogens with zero attached hydrogens (tertiary/aromatic N) is 3. The Morgan fingerprint density at radius 2 is 1.70 bits per heavy atom. The van der Waals surface area contributed by atoms with Crippen molar-refractivity contribution in [1.29, 1.82) is 0 Å². The number of rotatable bonds is 5. The van der Waals surface area contributed by atoms with Gasteiger partial charge in [-0.25, -0.2) is 0 Å². The minimum Gasteiger partial charge on any atom is -0.507 e. The molecule has 1 aromatic heterocycles. The summed E-state index contributed by atoms with van der Waals surface area (Å²) in [4.78, 5) is 12.0. The van der Waals surface area contributed by atoms with Crippen molar-refractivity contribution in [2.45, 2.75) is 0 Å². The van der Waals surface area contributed by atoms with Gasteiger partial charge in [-0.15, -0.1) is 10.2 Å². The molecule has 0 bridgehead atoms. The van der Waals surface area contributed by atoms with Gasteiger partial charge in [0.15, 0.2) is 17.3 Å². The molecule has 2 heterocycles. The van der Waals surface area contributed by atoms with E-state index in [0.29, 0.717) is 34.1 Å². The maximum Gasteiger partial charge on any atom is 0.287 e. The number of carbonyl (C=O) groups excluding carboxylic acids is 1. The number of phenols is 2. The number of carbonyl (C=O) groups is 1. The molecule has 0 saturated carbocycles. The van der Waals surface area contributed by atoms with E-state index in [1.807, 2.05) is 0 Å². The predicted octanol–water partition coefficient (Wildman–Crippen LogP) is 2.85. The van der Waals surface area contributed by atoms with Crippen molar-refractivity contribution < 1.29 is 29.2 Å². The van der Waals surface area contributed by atoms with Crippen LogP contribution in [0.15, 0.2) is 54.6 Å². The van der Waals surface area contributed by atoms with Crippen molar-refractivity contribution in [3.05, 3.63) is 60.4 Å². The van der Waals surface area contributed by atoms with Crippen LogP contribution in [0.25, 0.3) is 28.2 Å². The van der Waals surface area contributed by atoms with Gasteiger partial charge >= 0.3 is 0 Å². The van der Waals surface area contributed by atoms with Crippen molar-refractivity contribution in [3.63, 3.8) is 0 Å². The summed E-state index contributed by atoms with van der Waals surface area (Å²) in [7, 11) is 1.54. The van der Waals surface area contributed by atoms with E-state index in [-0.39, 0.29) is 35.5 Å². The minimum atomic E-state index is -0.793. The summed E-state index contributed by atoms with van der Waals surface area (Å²) in [5.41, 5.74) is 7.32. The van der Waals surface area contributed by atoms with Crippen LogP contribution in [-0.4, -0.2) is 44.8 Å². The van der Waals surface area contributed by atoms with Crippen molar-refractivity contribution in [1.82, 2.24) is 14.8 Å². The second kappa shape index (κ2) is 7.75. The van der Waals surface area contributed by atoms with Crippen molar-refractivity contribution in [3.8, 4) is 56.9 Å². The van der Waals surface area contributed by atoms with Gasteiger partial charge in [0.25, 0.3) is 5.91 Å². The van der Waals surface area contributed by atoms with Gasteiger partial charge < -0.3 is 30.2 Å². The van der Waals surface area contributed by atoms with Crippen LogP contribution in [-0.2, 0) is 0 Å². The number of nitrogens with two attached hydrogens (primary N) is 1. The summed E-state index contributed by atoms with van der Waals surface area (Å²) < 4.78 is 17.4. The molecular weight excluding hydrogens is 428 g/mol. The van der Waals surface area contributed by atoms with Crippen LogP contribution in [0.3, 0.4) is 0 Å². The maximum atomic E-state index is 12.0. The number of primary amides is 1. The van der Waals surface area contributed by atoms with Gasteiger partial charge in [0.1, 0.15) is 17.2 Å². The van der Waals surface area contributed by atoms with Crippen LogP contribution >= 0.6 is 0 Å². The molecule has 1 amide bonds. The number of benzene rings is 3. The predicted molar refractivity (Wildman–Crippen MR) is 117 cm³/mol. The highest BCUT2D eigenvalue weighted by Gasteiger charge is 2.24. The highest BCUT2D eigenvalue weighted by molar-refractivity contribution is 5.91. The van der Waals surface area contributed by atoms with Crippen molar-refractivity contribution in [2.75, 3.05) is 13.9 Å². The van der Waals surface area contributed by atoms with Crippen LogP contribution in [0.1, 0.15) is 10.6 Å². The van der Waals surface area contributed by atoms with Gasteiger partial charge in [-0.05, 0) is 48.0 Å². The second-order valence-corrected chi connectivity index (χ2v) is 7.20. The molecule has 4 aromatic rings. The van der Waals surface area contributed by atoms with Gasteiger partial charge in [-0.2, -0.15) is 0 Å². The first-order valence-electron chi connectivity index (χ1n) is 9.82. The van der Waals surface area contributed by atoms with Gasteiger partial charge in [-0.1, -0.05) is 6.07 Å². The summed E-state index contributed by atoms with van der Waals surface area (Å²) in [6.07, 6.45) is 0. The molecule has 10 heteroatoms. The number of ether oxygens (including phenoxy) is 3. The number of aromatic hydroxyl groups is 2. The molecule has 0 aliphatic carbocycles. The fourth-order valence-corrected chi connectivity index (χ4v) is 3.65. The zero-order valence-corrected chi connectivity index (χ0v) is 17.3. The second-order valence-electron chi connectivity index (χ2n) is 7.20. The molecule has 0 unspecified atom stereocenters. The number of hydrogen-bond acceptors (Lipinski definition) is 8. The quantitative estimate of drug-likeness (QED) is 0.425. The highest BCUT2D eigenvalue weighted by atomic mass is 16.7. The molecule has 10 nitrogen and oxygen atoms in total. The lowest BCUT2D eigenvalue weighted by atomic mass is 10.00. The molecular formula is C23H18N4O6. The lowest BCUT2D eigenvalue weighted by molar-refractivity contribution is 0.0988. The molecule has 5 rings (SSSR count). The molecule has 0 fully saturated rings. The smallest absolute Gasteiger partial charge is 0.287 e. The third kappa shape index (κ3) is 3.43. The molecule has 166 valence electrons. The molecule has 3 aromatic carbocycles. The first-order valence-corrected chi connectivity index (χ1v) is 9.82. The summed E-state index contributed by atoms with van der Waals surface area (Å²) in [5.74, 6) is 0.601. The van der Waals surface area contributed by atoms with Gasteiger partial charge in [0.2, 0.25) is 12.6 Å². The third-order valence-corrected chi connectivity index (χ3v) is 5.25. The number of aromatic nitrogens is 3. The molecule has 4 N–H and O–H groups in total. The molecule has 0 atom stereocenters. The number of fused-ring (bicyclic) bond motifs is 1. The first kappa shape index (κ1) is 20.2. The lowest BCUT2D eigenvalue weighted by Crippen LogP contribution is -2.17. The van der Waals surface area contributed by atoms with Crippen LogP contribution in [0.2, 0.25) is 0 Å². The van der Waals surface area contributed by atoms with E-state index < -0.39 is 5.91 Å². The topological polar surface area (TPSA) is 142 Å². The summed E-state index contributed by atoms with van der Waals surface area (Å²) in [6, 6.07) is 14.8. The van der Waals surface area contributed by atoms with Gasteiger partial charge in [0.05, 0.1) is 12.7 Å². The normalized spacial score (nSPS) is 12.0. The van der Waals surface area contributed by atoms with Crippen molar-refractivity contribution in [2.24, 2.45) is 5.73 Å². The Balaban J connectivity index is 1.68. The number of methoxy groups -OCH3 is 1. The Bertz CT molecular complexity index is 1380. The van der Waals surface area contributed by atoms with Crippen LogP contribution in [0.4, 0.5) is 0 Å². The monoisotopic (exact) mass is 446 g/mol. The Kier molecular flexibility index (Phi) is 4.74. The molecule has 33 heavy (non-hydrogen) atoms. The summed E-state index contributed by atoms with van der Waals surface area (Å²) in [5, 5.41) is 29.2. The average molecular weight is 446 g/mol. The van der Waals surface area contributed by atoms with E-state index in [4.69, 9.17) is 19.9 Å². The summed E-state index contributed by atoms with van der Waals surface area (Å²) in [6.45, 7) is 0.118. The fourth-order valence-electron chi connectivity index (χ4n) is 3.65. The van der Waals surface area contributed by atoms with Crippen LogP contribution in [0.5, 0.6) is 28.7 Å². The van der Waals surface area contributed by atoms with E-state index in [9.17, 15) is 15.0 Å². The molecule has 0 saturated heterocycles. The third-order valence-electron chi connectivity index (χ3n) is 5.25. The zero-order chi connectivity index (χ0) is 23.1. The van der Waals surface area contributed by atoms with E-state index in [0.717, 1.165) is 0 Å². The highest BCUT2D eigenvalue weighted by Crippen LogP contribution is 2.43. The molecule has 1 aliphatic rings. The number of hydrogen-bond donors (Lipinski definition) is 3. The molecule has 1 aliphatic heterocycles. The first-order chi connectivity index (χ1) is 16.0.